The lowest BCUT2D eigenvalue weighted by atomic mass is 10.2. The minimum Gasteiger partial charge on any atom is -0.360 e. The Morgan fingerprint density at radius 3 is 2.67 bits per heavy atom. The number of hydrogen-bond donors (Lipinski definition) is 2. The Balaban J connectivity index is 1.81. The summed E-state index contributed by atoms with van der Waals surface area (Å²) in [6.07, 6.45) is 5.01. The Bertz CT molecular complexity index is 431. The lowest BCUT2D eigenvalue weighted by Gasteiger charge is -2.16. The van der Waals surface area contributed by atoms with Gasteiger partial charge in [0.15, 0.2) is 5.11 Å². The lowest BCUT2D eigenvalue weighted by molar-refractivity contribution is 0.621. The number of nitrogens with one attached hydrogen (secondary N) is 2. The smallest absolute Gasteiger partial charge is 0.166 e. The van der Waals surface area contributed by atoms with Gasteiger partial charge in [-0.25, -0.2) is 0 Å². The molecular weight excluding hydrogens is 287 g/mol. The number of rotatable bonds is 3. The molecule has 1 fully saturated rings. The number of halogens is 2. The molecule has 1 aliphatic rings. The Morgan fingerprint density at radius 2 is 2.00 bits per heavy atom. The van der Waals surface area contributed by atoms with Gasteiger partial charge in [-0.2, -0.15) is 0 Å². The predicted octanol–water partition coefficient (Wildman–Crippen LogP) is 3.90. The quantitative estimate of drug-likeness (QED) is 0.828. The molecule has 0 radical (unpaired) electrons. The van der Waals surface area contributed by atoms with Gasteiger partial charge in [0, 0.05) is 22.6 Å². The van der Waals surface area contributed by atoms with E-state index in [9.17, 15) is 0 Å². The van der Waals surface area contributed by atoms with E-state index in [0.717, 1.165) is 5.56 Å². The van der Waals surface area contributed by atoms with Crippen molar-refractivity contribution in [1.29, 1.82) is 0 Å². The van der Waals surface area contributed by atoms with Gasteiger partial charge in [-0.15, -0.1) is 0 Å². The third kappa shape index (κ3) is 4.01. The molecule has 0 atom stereocenters. The molecule has 1 saturated carbocycles. The number of thiocarbonyl (C=S) groups is 1. The monoisotopic (exact) mass is 302 g/mol. The van der Waals surface area contributed by atoms with Crippen LogP contribution in [-0.4, -0.2) is 11.2 Å². The molecule has 18 heavy (non-hydrogen) atoms. The van der Waals surface area contributed by atoms with E-state index in [-0.39, 0.29) is 0 Å². The summed E-state index contributed by atoms with van der Waals surface area (Å²) in [5.74, 6) is 0. The molecule has 5 heteroatoms. The normalized spacial score (nSPS) is 15.7. The first-order chi connectivity index (χ1) is 8.65. The van der Waals surface area contributed by atoms with Gasteiger partial charge in [0.1, 0.15) is 0 Å². The van der Waals surface area contributed by atoms with E-state index in [1.807, 2.05) is 12.1 Å². The van der Waals surface area contributed by atoms with Crippen LogP contribution in [0.1, 0.15) is 31.2 Å². The molecule has 1 aromatic carbocycles. The van der Waals surface area contributed by atoms with E-state index in [4.69, 9.17) is 35.4 Å². The zero-order valence-corrected chi connectivity index (χ0v) is 12.3. The fourth-order valence-corrected chi connectivity index (χ4v) is 2.86. The Labute approximate surface area is 123 Å². The van der Waals surface area contributed by atoms with Gasteiger partial charge in [0.2, 0.25) is 0 Å². The minimum absolute atomic E-state index is 0.533. The minimum atomic E-state index is 0.533. The molecule has 2 nitrogen and oxygen atoms in total. The Hall–Kier alpha value is -0.510. The van der Waals surface area contributed by atoms with Crippen molar-refractivity contribution >= 4 is 40.5 Å². The van der Waals surface area contributed by atoms with Crippen LogP contribution in [0.25, 0.3) is 0 Å². The molecule has 98 valence electrons. The highest BCUT2D eigenvalue weighted by atomic mass is 35.5. The molecular formula is C13H16Cl2N2S. The summed E-state index contributed by atoms with van der Waals surface area (Å²) in [5.41, 5.74) is 0.997. The molecule has 0 aliphatic heterocycles. The largest absolute Gasteiger partial charge is 0.360 e. The van der Waals surface area contributed by atoms with Crippen LogP contribution >= 0.6 is 35.4 Å². The third-order valence-corrected chi connectivity index (χ3v) is 3.99. The van der Waals surface area contributed by atoms with E-state index >= 15 is 0 Å². The second-order valence-electron chi connectivity index (χ2n) is 4.54. The van der Waals surface area contributed by atoms with Gasteiger partial charge in [0.05, 0.1) is 0 Å². The summed E-state index contributed by atoms with van der Waals surface area (Å²) >= 11 is 17.2. The van der Waals surface area contributed by atoms with E-state index in [1.54, 1.807) is 6.07 Å². The molecule has 1 aliphatic carbocycles. The average molecular weight is 303 g/mol. The summed E-state index contributed by atoms with van der Waals surface area (Å²) in [6, 6.07) is 6.02. The zero-order chi connectivity index (χ0) is 13.0. The molecule has 0 saturated heterocycles. The van der Waals surface area contributed by atoms with Crippen LogP contribution < -0.4 is 10.6 Å². The average Bonchev–Trinajstić information content (AvgIpc) is 2.80. The third-order valence-electron chi connectivity index (χ3n) is 3.14. The fraction of sp³-hybridized carbons (Fsp3) is 0.462. The number of benzene rings is 1. The summed E-state index contributed by atoms with van der Waals surface area (Å²) in [7, 11) is 0. The first kappa shape index (κ1) is 13.9. The van der Waals surface area contributed by atoms with Crippen LogP contribution in [-0.2, 0) is 6.54 Å². The second kappa shape index (κ2) is 6.60. The van der Waals surface area contributed by atoms with Crippen molar-refractivity contribution in [1.82, 2.24) is 10.6 Å². The van der Waals surface area contributed by atoms with Gasteiger partial charge in [-0.05, 0) is 42.8 Å². The van der Waals surface area contributed by atoms with Gasteiger partial charge < -0.3 is 10.6 Å². The van der Waals surface area contributed by atoms with E-state index < -0.39 is 0 Å². The van der Waals surface area contributed by atoms with Crippen LogP contribution in [0.2, 0.25) is 10.0 Å². The van der Waals surface area contributed by atoms with Crippen LogP contribution in [0.3, 0.4) is 0 Å². The van der Waals surface area contributed by atoms with Crippen LogP contribution in [0.4, 0.5) is 0 Å². The van der Waals surface area contributed by atoms with Crippen molar-refractivity contribution in [3.05, 3.63) is 33.8 Å². The highest BCUT2D eigenvalue weighted by Gasteiger charge is 2.15. The van der Waals surface area contributed by atoms with Crippen LogP contribution in [0, 0.1) is 0 Å². The molecule has 2 rings (SSSR count). The first-order valence-electron chi connectivity index (χ1n) is 6.13. The van der Waals surface area contributed by atoms with Gasteiger partial charge in [0.25, 0.3) is 0 Å². The topological polar surface area (TPSA) is 24.1 Å². The maximum atomic E-state index is 6.10. The SMILES string of the molecule is S=C(NCc1ccc(Cl)cc1Cl)NC1CCCC1. The van der Waals surface area contributed by atoms with E-state index in [0.29, 0.717) is 27.7 Å². The summed E-state index contributed by atoms with van der Waals surface area (Å²) in [4.78, 5) is 0. The molecule has 1 aromatic rings. The zero-order valence-electron chi connectivity index (χ0n) is 10.0. The summed E-state index contributed by atoms with van der Waals surface area (Å²) < 4.78 is 0. The fourth-order valence-electron chi connectivity index (χ4n) is 2.15. The maximum absolute atomic E-state index is 6.10. The Morgan fingerprint density at radius 1 is 1.28 bits per heavy atom. The number of hydrogen-bond acceptors (Lipinski definition) is 1. The van der Waals surface area contributed by atoms with Gasteiger partial charge >= 0.3 is 0 Å². The maximum Gasteiger partial charge on any atom is 0.166 e. The highest BCUT2D eigenvalue weighted by molar-refractivity contribution is 7.80. The molecule has 2 N–H and O–H groups in total. The van der Waals surface area contributed by atoms with Gasteiger partial charge in [-0.1, -0.05) is 42.1 Å². The highest BCUT2D eigenvalue weighted by Crippen LogP contribution is 2.21. The van der Waals surface area contributed by atoms with Crippen molar-refractivity contribution < 1.29 is 0 Å². The standard InChI is InChI=1S/C13H16Cl2N2S/c14-10-6-5-9(12(15)7-10)8-16-13(18)17-11-3-1-2-4-11/h5-7,11H,1-4,8H2,(H2,16,17,18). The molecule has 0 aromatic heterocycles. The van der Waals surface area contributed by atoms with Gasteiger partial charge in [-0.3, -0.25) is 0 Å². The molecule has 0 amide bonds. The van der Waals surface area contributed by atoms with E-state index in [2.05, 4.69) is 10.6 Å². The second-order valence-corrected chi connectivity index (χ2v) is 5.80. The van der Waals surface area contributed by atoms with Crippen molar-refractivity contribution in [3.63, 3.8) is 0 Å². The van der Waals surface area contributed by atoms with Crippen molar-refractivity contribution in [2.75, 3.05) is 0 Å². The van der Waals surface area contributed by atoms with E-state index in [1.165, 1.54) is 25.7 Å². The van der Waals surface area contributed by atoms with Crippen LogP contribution in [0.5, 0.6) is 0 Å². The summed E-state index contributed by atoms with van der Waals surface area (Å²) in [6.45, 7) is 0.620. The molecule has 0 spiro atoms. The Kier molecular flexibility index (Phi) is 5.10. The molecule has 0 unspecified atom stereocenters. The van der Waals surface area contributed by atoms with Crippen molar-refractivity contribution in [3.8, 4) is 0 Å². The predicted molar refractivity (Wildman–Crippen MR) is 81.3 cm³/mol. The first-order valence-corrected chi connectivity index (χ1v) is 7.30. The molecule has 0 bridgehead atoms. The lowest BCUT2D eigenvalue weighted by Crippen LogP contribution is -2.40. The van der Waals surface area contributed by atoms with Crippen molar-refractivity contribution in [2.45, 2.75) is 38.3 Å². The van der Waals surface area contributed by atoms with Crippen LogP contribution in [0.15, 0.2) is 18.2 Å². The van der Waals surface area contributed by atoms with Crippen molar-refractivity contribution in [2.24, 2.45) is 0 Å². The summed E-state index contributed by atoms with van der Waals surface area (Å²) in [5, 5.41) is 8.53. The molecule has 0 heterocycles.